The SMILES string of the molecule is CNCCOc1cc(-c2scnc2C)ccc1CNC(=O)[C@@H]1C[C@@H](O)CN1C(=O)C(N)C(C)(C)C. The second-order valence-electron chi connectivity index (χ2n) is 10.00. The Balaban J connectivity index is 1.75. The molecule has 2 amide bonds. The van der Waals surface area contributed by atoms with Gasteiger partial charge in [0.1, 0.15) is 18.4 Å². The third-order valence-electron chi connectivity index (χ3n) is 6.20. The van der Waals surface area contributed by atoms with Crippen molar-refractivity contribution in [1.82, 2.24) is 20.5 Å². The Kier molecular flexibility index (Phi) is 8.87. The van der Waals surface area contributed by atoms with Crippen molar-refractivity contribution < 1.29 is 19.4 Å². The van der Waals surface area contributed by atoms with E-state index in [2.05, 4.69) is 15.6 Å². The van der Waals surface area contributed by atoms with Gasteiger partial charge in [0.05, 0.1) is 28.2 Å². The third-order valence-corrected chi connectivity index (χ3v) is 7.18. The molecule has 9 nitrogen and oxygen atoms in total. The molecule has 1 aliphatic rings. The van der Waals surface area contributed by atoms with Crippen LogP contribution in [0.15, 0.2) is 23.7 Å². The van der Waals surface area contributed by atoms with E-state index in [1.807, 2.05) is 58.5 Å². The number of aryl methyl sites for hydroxylation is 1. The maximum atomic E-state index is 13.1. The Labute approximate surface area is 211 Å². The van der Waals surface area contributed by atoms with Crippen LogP contribution in [0.5, 0.6) is 5.75 Å². The van der Waals surface area contributed by atoms with Crippen molar-refractivity contribution in [2.45, 2.75) is 58.8 Å². The van der Waals surface area contributed by atoms with Gasteiger partial charge in [-0.25, -0.2) is 4.98 Å². The largest absolute Gasteiger partial charge is 0.492 e. The number of thiazole rings is 1. The van der Waals surface area contributed by atoms with Crippen LogP contribution in [-0.2, 0) is 16.1 Å². The van der Waals surface area contributed by atoms with E-state index in [9.17, 15) is 14.7 Å². The number of nitrogens with two attached hydrogens (primary N) is 1. The van der Waals surface area contributed by atoms with Crippen LogP contribution in [0.4, 0.5) is 0 Å². The molecule has 5 N–H and O–H groups in total. The zero-order chi connectivity index (χ0) is 25.8. The molecule has 0 radical (unpaired) electrons. The van der Waals surface area contributed by atoms with Crippen LogP contribution in [0.3, 0.4) is 0 Å². The number of amides is 2. The molecule has 1 aromatic heterocycles. The molecule has 1 aromatic carbocycles. The average molecular weight is 504 g/mol. The first-order chi connectivity index (χ1) is 16.5. The summed E-state index contributed by atoms with van der Waals surface area (Å²) in [6.45, 7) is 9.09. The molecule has 3 rings (SSSR count). The highest BCUT2D eigenvalue weighted by Gasteiger charge is 2.42. The second-order valence-corrected chi connectivity index (χ2v) is 10.9. The maximum absolute atomic E-state index is 13.1. The van der Waals surface area contributed by atoms with Gasteiger partial charge in [0, 0.05) is 31.6 Å². The van der Waals surface area contributed by atoms with Crippen LogP contribution in [-0.4, -0.2) is 71.7 Å². The molecular formula is C25H37N5O4S. The minimum Gasteiger partial charge on any atom is -0.492 e. The van der Waals surface area contributed by atoms with E-state index in [0.717, 1.165) is 21.7 Å². The molecule has 1 unspecified atom stereocenters. The number of ether oxygens (including phenoxy) is 1. The highest BCUT2D eigenvalue weighted by Crippen LogP contribution is 2.32. The smallest absolute Gasteiger partial charge is 0.243 e. The van der Waals surface area contributed by atoms with Crippen LogP contribution in [0.25, 0.3) is 10.4 Å². The molecule has 1 fully saturated rings. The van der Waals surface area contributed by atoms with Gasteiger partial charge in [-0.2, -0.15) is 0 Å². The first-order valence-electron chi connectivity index (χ1n) is 11.9. The number of likely N-dealkylation sites (N-methyl/N-ethyl adjacent to an activating group) is 1. The molecule has 192 valence electrons. The number of carbonyl (C=O) groups excluding carboxylic acids is 2. The van der Waals surface area contributed by atoms with Gasteiger partial charge in [0.25, 0.3) is 0 Å². The number of aromatic nitrogens is 1. The van der Waals surface area contributed by atoms with Crippen molar-refractivity contribution in [3.8, 4) is 16.2 Å². The van der Waals surface area contributed by atoms with E-state index in [4.69, 9.17) is 10.5 Å². The summed E-state index contributed by atoms with van der Waals surface area (Å²) in [5, 5.41) is 16.2. The third kappa shape index (κ3) is 6.58. The maximum Gasteiger partial charge on any atom is 0.243 e. The zero-order valence-electron chi connectivity index (χ0n) is 21.1. The quantitative estimate of drug-likeness (QED) is 0.383. The van der Waals surface area contributed by atoms with Gasteiger partial charge in [-0.05, 0) is 31.0 Å². The standard InChI is InChI=1S/C25H37N5O4S/c1-15-21(35-14-29-15)16-6-7-17(20(10-16)34-9-8-27-5)12-28-23(32)19-11-18(31)13-30(19)24(33)22(26)25(2,3)4/h6-7,10,14,18-19,22,27,31H,8-9,11-13,26H2,1-5H3,(H,28,32)/t18-,19+,22?/m1/s1. The molecule has 1 saturated heterocycles. The number of aliphatic hydroxyl groups excluding tert-OH is 1. The van der Waals surface area contributed by atoms with Gasteiger partial charge in [-0.3, -0.25) is 9.59 Å². The number of likely N-dealkylation sites (tertiary alicyclic amines) is 1. The minimum absolute atomic E-state index is 0.0992. The normalized spacial score (nSPS) is 19.0. The predicted octanol–water partition coefficient (Wildman–Crippen LogP) is 1.67. The fourth-order valence-electron chi connectivity index (χ4n) is 3.97. The summed E-state index contributed by atoms with van der Waals surface area (Å²) in [6.07, 6.45) is -0.576. The summed E-state index contributed by atoms with van der Waals surface area (Å²) in [5.41, 5.74) is 10.3. The summed E-state index contributed by atoms with van der Waals surface area (Å²) in [5.74, 6) is 0.0362. The molecule has 10 heteroatoms. The van der Waals surface area contributed by atoms with Crippen molar-refractivity contribution in [3.63, 3.8) is 0 Å². The van der Waals surface area contributed by atoms with Crippen LogP contribution < -0.4 is 21.1 Å². The van der Waals surface area contributed by atoms with E-state index in [-0.39, 0.29) is 31.3 Å². The average Bonchev–Trinajstić information content (AvgIpc) is 3.41. The Bertz CT molecular complexity index is 1040. The predicted molar refractivity (Wildman–Crippen MR) is 137 cm³/mol. The number of carbonyl (C=O) groups is 2. The molecule has 1 aliphatic heterocycles. The fourth-order valence-corrected chi connectivity index (χ4v) is 4.78. The van der Waals surface area contributed by atoms with E-state index < -0.39 is 23.6 Å². The summed E-state index contributed by atoms with van der Waals surface area (Å²) in [6, 6.07) is 4.36. The van der Waals surface area contributed by atoms with Gasteiger partial charge < -0.3 is 31.1 Å². The number of benzene rings is 1. The molecular weight excluding hydrogens is 466 g/mol. The van der Waals surface area contributed by atoms with Gasteiger partial charge in [-0.1, -0.05) is 32.9 Å². The number of hydrogen-bond donors (Lipinski definition) is 4. The molecule has 3 atom stereocenters. The summed E-state index contributed by atoms with van der Waals surface area (Å²) in [7, 11) is 1.86. The Morgan fingerprint density at radius 3 is 2.74 bits per heavy atom. The molecule has 35 heavy (non-hydrogen) atoms. The van der Waals surface area contributed by atoms with Crippen molar-refractivity contribution in [2.75, 3.05) is 26.7 Å². The molecule has 2 aromatic rings. The zero-order valence-corrected chi connectivity index (χ0v) is 21.9. The van der Waals surface area contributed by atoms with Crippen LogP contribution in [0.1, 0.15) is 38.4 Å². The second kappa shape index (κ2) is 11.5. The summed E-state index contributed by atoms with van der Waals surface area (Å²) < 4.78 is 6.01. The number of β-amino-alcohol motifs (C(OH)–C–C–N with tert-alkyl or cyclic N) is 1. The summed E-state index contributed by atoms with van der Waals surface area (Å²) >= 11 is 1.57. The van der Waals surface area contributed by atoms with Gasteiger partial charge in [-0.15, -0.1) is 11.3 Å². The van der Waals surface area contributed by atoms with Gasteiger partial charge in [0.2, 0.25) is 11.8 Å². The van der Waals surface area contributed by atoms with Crippen molar-refractivity contribution in [3.05, 3.63) is 35.0 Å². The Morgan fingerprint density at radius 2 is 2.11 bits per heavy atom. The van der Waals surface area contributed by atoms with Crippen molar-refractivity contribution >= 4 is 23.2 Å². The topological polar surface area (TPSA) is 130 Å². The van der Waals surface area contributed by atoms with Crippen LogP contribution in [0, 0.1) is 12.3 Å². The number of nitrogens with zero attached hydrogens (tertiary/aromatic N) is 2. The van der Waals surface area contributed by atoms with E-state index >= 15 is 0 Å². The van der Waals surface area contributed by atoms with E-state index in [1.54, 1.807) is 11.3 Å². The summed E-state index contributed by atoms with van der Waals surface area (Å²) in [4.78, 5) is 32.9. The number of nitrogens with one attached hydrogen (secondary N) is 2. The van der Waals surface area contributed by atoms with E-state index in [1.165, 1.54) is 4.90 Å². The highest BCUT2D eigenvalue weighted by molar-refractivity contribution is 7.13. The first kappa shape index (κ1) is 27.1. The first-order valence-corrected chi connectivity index (χ1v) is 12.7. The van der Waals surface area contributed by atoms with E-state index in [0.29, 0.717) is 18.9 Å². The van der Waals surface area contributed by atoms with Gasteiger partial charge in [0.15, 0.2) is 0 Å². The van der Waals surface area contributed by atoms with Gasteiger partial charge >= 0.3 is 0 Å². The van der Waals surface area contributed by atoms with Crippen LogP contribution in [0.2, 0.25) is 0 Å². The Hall–Kier alpha value is -2.53. The number of hydrogen-bond acceptors (Lipinski definition) is 8. The number of rotatable bonds is 9. The lowest BCUT2D eigenvalue weighted by Crippen LogP contribution is -2.54. The lowest BCUT2D eigenvalue weighted by atomic mass is 9.86. The minimum atomic E-state index is -0.766. The molecule has 2 heterocycles. The lowest BCUT2D eigenvalue weighted by Gasteiger charge is -2.32. The fraction of sp³-hybridized carbons (Fsp3) is 0.560. The molecule has 0 spiro atoms. The lowest BCUT2D eigenvalue weighted by molar-refractivity contribution is -0.141. The Morgan fingerprint density at radius 1 is 1.37 bits per heavy atom. The molecule has 0 saturated carbocycles. The van der Waals surface area contributed by atoms with Crippen molar-refractivity contribution in [1.29, 1.82) is 0 Å². The number of aliphatic hydroxyl groups is 1. The highest BCUT2D eigenvalue weighted by atomic mass is 32.1. The molecule has 0 bridgehead atoms. The monoisotopic (exact) mass is 503 g/mol. The van der Waals surface area contributed by atoms with Crippen LogP contribution >= 0.6 is 11.3 Å². The van der Waals surface area contributed by atoms with Crippen molar-refractivity contribution in [2.24, 2.45) is 11.1 Å². The molecule has 0 aliphatic carbocycles.